The number of para-hydroxylation sites is 1. The summed E-state index contributed by atoms with van der Waals surface area (Å²) in [5, 5.41) is 25.8. The van der Waals surface area contributed by atoms with Gasteiger partial charge in [-0.25, -0.2) is 0 Å². The highest BCUT2D eigenvalue weighted by atomic mass is 16.6. The van der Waals surface area contributed by atoms with Crippen LogP contribution in [-0.2, 0) is 11.2 Å². The number of aromatic amines is 1. The average molecular weight is 391 g/mol. The van der Waals surface area contributed by atoms with Gasteiger partial charge in [-0.05, 0) is 24.1 Å². The molecular weight excluding hydrogens is 370 g/mol. The lowest BCUT2D eigenvalue weighted by Gasteiger charge is -2.29. The first-order chi connectivity index (χ1) is 14.2. The minimum atomic E-state index is -0.429. The molecule has 0 saturated carbocycles. The third-order valence-corrected chi connectivity index (χ3v) is 5.18. The normalized spacial score (nSPS) is 14.0. The van der Waals surface area contributed by atoms with Crippen molar-refractivity contribution in [3.8, 4) is 6.07 Å². The standard InChI is InChI=1S/C21H21N5O3/c22-13-17-19(23-8-7-15-14-24-18-4-2-1-3-16(15)18)5-6-20(26(27)28)21(17)25-9-11-29-12-10-25/h1-6,14,23-24H,7-12H2. The fourth-order valence-corrected chi connectivity index (χ4v) is 3.77. The zero-order valence-corrected chi connectivity index (χ0v) is 15.9. The number of ether oxygens (including phenoxy) is 1. The van der Waals surface area contributed by atoms with Crippen molar-refractivity contribution in [3.05, 3.63) is 63.8 Å². The number of hydrogen-bond donors (Lipinski definition) is 2. The van der Waals surface area contributed by atoms with Crippen LogP contribution in [-0.4, -0.2) is 42.8 Å². The fraction of sp³-hybridized carbons (Fsp3) is 0.286. The van der Waals surface area contributed by atoms with Gasteiger partial charge in [-0.1, -0.05) is 18.2 Å². The number of nitro groups is 1. The smallest absolute Gasteiger partial charge is 0.294 e. The second-order valence-corrected chi connectivity index (χ2v) is 6.86. The van der Waals surface area contributed by atoms with Crippen molar-refractivity contribution in [2.75, 3.05) is 43.1 Å². The number of rotatable bonds is 6. The van der Waals surface area contributed by atoms with Crippen molar-refractivity contribution in [1.82, 2.24) is 4.98 Å². The minimum absolute atomic E-state index is 0.0503. The molecule has 8 nitrogen and oxygen atoms in total. The maximum Gasteiger partial charge on any atom is 0.294 e. The van der Waals surface area contributed by atoms with E-state index in [0.717, 1.165) is 11.9 Å². The molecule has 4 rings (SSSR count). The molecule has 1 aliphatic heterocycles. The first-order valence-electron chi connectivity index (χ1n) is 9.52. The Labute approximate surface area is 167 Å². The fourth-order valence-electron chi connectivity index (χ4n) is 3.77. The molecule has 3 aromatic rings. The molecule has 8 heteroatoms. The average Bonchev–Trinajstić information content (AvgIpc) is 3.17. The number of hydrogen-bond acceptors (Lipinski definition) is 6. The molecule has 29 heavy (non-hydrogen) atoms. The van der Waals surface area contributed by atoms with Crippen LogP contribution in [0.25, 0.3) is 10.9 Å². The van der Waals surface area contributed by atoms with Crippen molar-refractivity contribution in [3.63, 3.8) is 0 Å². The summed E-state index contributed by atoms with van der Waals surface area (Å²) in [6.45, 7) is 2.63. The molecule has 0 atom stereocenters. The number of anilines is 2. The van der Waals surface area contributed by atoms with Crippen LogP contribution < -0.4 is 10.2 Å². The van der Waals surface area contributed by atoms with Crippen molar-refractivity contribution in [2.45, 2.75) is 6.42 Å². The van der Waals surface area contributed by atoms with E-state index in [4.69, 9.17) is 4.74 Å². The van der Waals surface area contributed by atoms with Crippen molar-refractivity contribution in [1.29, 1.82) is 5.26 Å². The molecule has 0 amide bonds. The van der Waals surface area contributed by atoms with E-state index in [-0.39, 0.29) is 5.69 Å². The molecule has 1 fully saturated rings. The number of fused-ring (bicyclic) bond motifs is 1. The number of nitriles is 1. The van der Waals surface area contributed by atoms with Gasteiger partial charge in [0, 0.05) is 42.8 Å². The molecule has 0 radical (unpaired) electrons. The highest BCUT2D eigenvalue weighted by molar-refractivity contribution is 5.83. The molecule has 0 aliphatic carbocycles. The summed E-state index contributed by atoms with van der Waals surface area (Å²) in [5.41, 5.74) is 3.51. The van der Waals surface area contributed by atoms with Crippen LogP contribution in [0.1, 0.15) is 11.1 Å². The van der Waals surface area contributed by atoms with Gasteiger partial charge in [0.1, 0.15) is 17.3 Å². The predicted molar refractivity (Wildman–Crippen MR) is 111 cm³/mol. The molecule has 2 aromatic carbocycles. The molecule has 1 aliphatic rings. The molecule has 2 heterocycles. The van der Waals surface area contributed by atoms with E-state index in [1.165, 1.54) is 17.0 Å². The van der Waals surface area contributed by atoms with Crippen LogP contribution in [0.15, 0.2) is 42.6 Å². The van der Waals surface area contributed by atoms with Gasteiger partial charge in [0.05, 0.1) is 23.8 Å². The maximum absolute atomic E-state index is 11.6. The highest BCUT2D eigenvalue weighted by Gasteiger charge is 2.27. The van der Waals surface area contributed by atoms with Gasteiger partial charge >= 0.3 is 0 Å². The third-order valence-electron chi connectivity index (χ3n) is 5.18. The second kappa shape index (κ2) is 8.20. The van der Waals surface area contributed by atoms with E-state index in [1.807, 2.05) is 29.3 Å². The van der Waals surface area contributed by atoms with Crippen LogP contribution in [0.4, 0.5) is 17.1 Å². The summed E-state index contributed by atoms with van der Waals surface area (Å²) < 4.78 is 5.35. The Bertz CT molecular complexity index is 1080. The first-order valence-corrected chi connectivity index (χ1v) is 9.52. The van der Waals surface area contributed by atoms with Crippen molar-refractivity contribution < 1.29 is 9.66 Å². The predicted octanol–water partition coefficient (Wildman–Crippen LogP) is 3.44. The van der Waals surface area contributed by atoms with E-state index in [1.54, 1.807) is 6.07 Å². The van der Waals surface area contributed by atoms with Gasteiger partial charge < -0.3 is 19.9 Å². The Kier molecular flexibility index (Phi) is 5.31. The van der Waals surface area contributed by atoms with Crippen LogP contribution >= 0.6 is 0 Å². The molecule has 0 unspecified atom stereocenters. The Morgan fingerprint density at radius 2 is 2.03 bits per heavy atom. The highest BCUT2D eigenvalue weighted by Crippen LogP contribution is 2.36. The summed E-state index contributed by atoms with van der Waals surface area (Å²) in [5.74, 6) is 0. The number of nitro benzene ring substituents is 1. The lowest BCUT2D eigenvalue weighted by molar-refractivity contribution is -0.384. The quantitative estimate of drug-likeness (QED) is 0.492. The summed E-state index contributed by atoms with van der Waals surface area (Å²) in [6.07, 6.45) is 2.76. The maximum atomic E-state index is 11.6. The molecule has 0 bridgehead atoms. The largest absolute Gasteiger partial charge is 0.384 e. The van der Waals surface area contributed by atoms with Gasteiger partial charge in [-0.3, -0.25) is 10.1 Å². The summed E-state index contributed by atoms with van der Waals surface area (Å²) in [6, 6.07) is 13.4. The lowest BCUT2D eigenvalue weighted by atomic mass is 10.1. The third kappa shape index (κ3) is 3.73. The minimum Gasteiger partial charge on any atom is -0.384 e. The number of nitrogens with zero attached hydrogens (tertiary/aromatic N) is 3. The van der Waals surface area contributed by atoms with Crippen LogP contribution in [0.3, 0.4) is 0 Å². The van der Waals surface area contributed by atoms with E-state index in [2.05, 4.69) is 22.4 Å². The Balaban J connectivity index is 1.58. The van der Waals surface area contributed by atoms with Gasteiger partial charge in [-0.2, -0.15) is 5.26 Å². The monoisotopic (exact) mass is 391 g/mol. The van der Waals surface area contributed by atoms with Crippen molar-refractivity contribution in [2.24, 2.45) is 0 Å². The Hall–Kier alpha value is -3.57. The topological polar surface area (TPSA) is 107 Å². The molecule has 0 spiro atoms. The van der Waals surface area contributed by atoms with Crippen LogP contribution in [0.5, 0.6) is 0 Å². The molecule has 1 aromatic heterocycles. The van der Waals surface area contributed by atoms with E-state index >= 15 is 0 Å². The molecule has 148 valence electrons. The SMILES string of the molecule is N#Cc1c(NCCc2c[nH]c3ccccc23)ccc([N+](=O)[O-])c1N1CCOCC1. The molecular formula is C21H21N5O3. The summed E-state index contributed by atoms with van der Waals surface area (Å²) in [7, 11) is 0. The summed E-state index contributed by atoms with van der Waals surface area (Å²) in [4.78, 5) is 16.2. The molecule has 1 saturated heterocycles. The number of nitrogens with one attached hydrogen (secondary N) is 2. The Morgan fingerprint density at radius 3 is 2.79 bits per heavy atom. The van der Waals surface area contributed by atoms with Crippen LogP contribution in [0, 0.1) is 21.4 Å². The van der Waals surface area contributed by atoms with Crippen molar-refractivity contribution >= 4 is 28.0 Å². The van der Waals surface area contributed by atoms with Gasteiger partial charge in [0.15, 0.2) is 0 Å². The second-order valence-electron chi connectivity index (χ2n) is 6.86. The van der Waals surface area contributed by atoms with E-state index in [9.17, 15) is 15.4 Å². The van der Waals surface area contributed by atoms with E-state index in [0.29, 0.717) is 49.8 Å². The van der Waals surface area contributed by atoms with Crippen LogP contribution in [0.2, 0.25) is 0 Å². The lowest BCUT2D eigenvalue weighted by Crippen LogP contribution is -2.37. The number of aromatic nitrogens is 1. The van der Waals surface area contributed by atoms with Gasteiger partial charge in [0.25, 0.3) is 5.69 Å². The zero-order valence-electron chi connectivity index (χ0n) is 15.9. The zero-order chi connectivity index (χ0) is 20.2. The number of H-pyrrole nitrogens is 1. The summed E-state index contributed by atoms with van der Waals surface area (Å²) >= 11 is 0. The molecule has 2 N–H and O–H groups in total. The van der Waals surface area contributed by atoms with Gasteiger partial charge in [-0.15, -0.1) is 0 Å². The van der Waals surface area contributed by atoms with E-state index < -0.39 is 4.92 Å². The first kappa shape index (κ1) is 18.8. The Morgan fingerprint density at radius 1 is 1.24 bits per heavy atom. The van der Waals surface area contributed by atoms with Gasteiger partial charge in [0.2, 0.25) is 0 Å². The number of morpholine rings is 1. The number of benzene rings is 2.